The van der Waals surface area contributed by atoms with Crippen LogP contribution in [0.15, 0.2) is 42.5 Å². The number of phenolic OH excluding ortho intramolecular Hbond substituents is 1. The average Bonchev–Trinajstić information content (AvgIpc) is 2.38. The van der Waals surface area contributed by atoms with Gasteiger partial charge in [0.1, 0.15) is 17.3 Å². The van der Waals surface area contributed by atoms with Crippen LogP contribution in [0.1, 0.15) is 11.1 Å². The first-order valence-electron chi connectivity index (χ1n) is 5.99. The lowest BCUT2D eigenvalue weighted by Gasteiger charge is -2.07. The molecule has 4 heteroatoms. The van der Waals surface area contributed by atoms with Crippen LogP contribution in [-0.4, -0.2) is 12.2 Å². The summed E-state index contributed by atoms with van der Waals surface area (Å²) in [6, 6.07) is 11.8. The average molecular weight is 261 g/mol. The van der Waals surface area contributed by atoms with Gasteiger partial charge in [-0.25, -0.2) is 4.39 Å². The molecule has 0 aromatic heterocycles. The minimum atomic E-state index is -0.429. The number of rotatable bonds is 5. The normalized spacial score (nSPS) is 10.4. The van der Waals surface area contributed by atoms with Crippen molar-refractivity contribution in [3.63, 3.8) is 0 Å². The summed E-state index contributed by atoms with van der Waals surface area (Å²) in [4.78, 5) is 0. The zero-order valence-corrected chi connectivity index (χ0v) is 10.7. The van der Waals surface area contributed by atoms with Crippen LogP contribution in [0.2, 0.25) is 0 Å². The molecule has 0 heterocycles. The Morgan fingerprint density at radius 2 is 1.74 bits per heavy atom. The summed E-state index contributed by atoms with van der Waals surface area (Å²) in [5.74, 6) is 0.335. The number of methoxy groups -OCH3 is 1. The highest BCUT2D eigenvalue weighted by Crippen LogP contribution is 2.15. The molecule has 0 unspecified atom stereocenters. The number of aromatic hydroxyl groups is 1. The van der Waals surface area contributed by atoms with Crippen molar-refractivity contribution >= 4 is 0 Å². The summed E-state index contributed by atoms with van der Waals surface area (Å²) in [5, 5.41) is 12.5. The number of ether oxygens (including phenoxy) is 1. The molecule has 0 radical (unpaired) electrons. The van der Waals surface area contributed by atoms with Gasteiger partial charge in [-0.05, 0) is 35.4 Å². The Bertz CT molecular complexity index is 520. The van der Waals surface area contributed by atoms with Gasteiger partial charge in [-0.15, -0.1) is 0 Å². The van der Waals surface area contributed by atoms with Crippen LogP contribution in [0.5, 0.6) is 11.5 Å². The van der Waals surface area contributed by atoms with E-state index in [1.54, 1.807) is 13.2 Å². The number of phenols is 1. The largest absolute Gasteiger partial charge is 0.508 e. The van der Waals surface area contributed by atoms with Gasteiger partial charge in [-0.1, -0.05) is 12.1 Å². The van der Waals surface area contributed by atoms with Gasteiger partial charge in [-0.3, -0.25) is 0 Å². The first-order valence-corrected chi connectivity index (χ1v) is 5.99. The lowest BCUT2D eigenvalue weighted by atomic mass is 10.2. The molecule has 0 saturated heterocycles. The Labute approximate surface area is 111 Å². The van der Waals surface area contributed by atoms with Crippen LogP contribution in [0.25, 0.3) is 0 Å². The molecule has 0 spiro atoms. The van der Waals surface area contributed by atoms with Crippen LogP contribution in [0.3, 0.4) is 0 Å². The standard InChI is InChI=1S/C15H16FNO2/c1-19-15-4-2-11(3-5-15)9-17-10-12-6-13(16)8-14(18)7-12/h2-8,17-18H,9-10H2,1H3. The Kier molecular flexibility index (Phi) is 4.36. The molecular formula is C15H16FNO2. The van der Waals surface area contributed by atoms with E-state index in [9.17, 15) is 9.50 Å². The summed E-state index contributed by atoms with van der Waals surface area (Å²) in [6.07, 6.45) is 0. The first kappa shape index (κ1) is 13.4. The second-order valence-corrected chi connectivity index (χ2v) is 4.27. The third-order valence-corrected chi connectivity index (χ3v) is 2.76. The molecule has 19 heavy (non-hydrogen) atoms. The predicted molar refractivity (Wildman–Crippen MR) is 71.6 cm³/mol. The van der Waals surface area contributed by atoms with Gasteiger partial charge in [0, 0.05) is 19.2 Å². The van der Waals surface area contributed by atoms with Crippen molar-refractivity contribution in [3.05, 3.63) is 59.4 Å². The van der Waals surface area contributed by atoms with Crippen LogP contribution in [0, 0.1) is 5.82 Å². The second kappa shape index (κ2) is 6.20. The van der Waals surface area contributed by atoms with Crippen molar-refractivity contribution in [3.8, 4) is 11.5 Å². The molecule has 0 amide bonds. The molecule has 0 bridgehead atoms. The van der Waals surface area contributed by atoms with Crippen LogP contribution in [-0.2, 0) is 13.1 Å². The summed E-state index contributed by atoms with van der Waals surface area (Å²) < 4.78 is 18.1. The number of hydrogen-bond donors (Lipinski definition) is 2. The fraction of sp³-hybridized carbons (Fsp3) is 0.200. The van der Waals surface area contributed by atoms with Gasteiger partial charge in [0.2, 0.25) is 0 Å². The number of halogens is 1. The summed E-state index contributed by atoms with van der Waals surface area (Å²) in [7, 11) is 1.63. The third kappa shape index (κ3) is 3.96. The van der Waals surface area contributed by atoms with E-state index in [0.29, 0.717) is 18.7 Å². The van der Waals surface area contributed by atoms with Crippen LogP contribution < -0.4 is 10.1 Å². The van der Waals surface area contributed by atoms with Crippen molar-refractivity contribution in [1.29, 1.82) is 0 Å². The molecular weight excluding hydrogens is 245 g/mol. The highest BCUT2D eigenvalue weighted by molar-refractivity contribution is 5.29. The van der Waals surface area contributed by atoms with E-state index in [4.69, 9.17) is 4.74 Å². The van der Waals surface area contributed by atoms with Gasteiger partial charge in [0.25, 0.3) is 0 Å². The minimum Gasteiger partial charge on any atom is -0.508 e. The fourth-order valence-corrected chi connectivity index (χ4v) is 1.83. The molecule has 2 aromatic carbocycles. The fourth-order valence-electron chi connectivity index (χ4n) is 1.83. The van der Waals surface area contributed by atoms with Gasteiger partial charge < -0.3 is 15.2 Å². The number of hydrogen-bond acceptors (Lipinski definition) is 3. The quantitative estimate of drug-likeness (QED) is 0.869. The van der Waals surface area contributed by atoms with Crippen molar-refractivity contribution in [1.82, 2.24) is 5.32 Å². The van der Waals surface area contributed by atoms with Crippen LogP contribution in [0.4, 0.5) is 4.39 Å². The maximum atomic E-state index is 13.1. The lowest BCUT2D eigenvalue weighted by molar-refractivity contribution is 0.414. The zero-order chi connectivity index (χ0) is 13.7. The zero-order valence-electron chi connectivity index (χ0n) is 10.7. The number of nitrogens with one attached hydrogen (secondary N) is 1. The Hall–Kier alpha value is -2.07. The van der Waals surface area contributed by atoms with Gasteiger partial charge in [0.15, 0.2) is 0 Å². The Morgan fingerprint density at radius 1 is 1.05 bits per heavy atom. The van der Waals surface area contributed by atoms with Crippen molar-refractivity contribution in [2.45, 2.75) is 13.1 Å². The highest BCUT2D eigenvalue weighted by atomic mass is 19.1. The summed E-state index contributed by atoms with van der Waals surface area (Å²) in [5.41, 5.74) is 1.83. The van der Waals surface area contributed by atoms with Gasteiger partial charge in [0.05, 0.1) is 7.11 Å². The molecule has 2 rings (SSSR count). The molecule has 0 atom stereocenters. The molecule has 0 aliphatic heterocycles. The number of benzene rings is 2. The second-order valence-electron chi connectivity index (χ2n) is 4.27. The lowest BCUT2D eigenvalue weighted by Crippen LogP contribution is -2.12. The van der Waals surface area contributed by atoms with E-state index in [1.165, 1.54) is 6.07 Å². The van der Waals surface area contributed by atoms with E-state index in [0.717, 1.165) is 17.4 Å². The Morgan fingerprint density at radius 3 is 2.37 bits per heavy atom. The molecule has 0 fully saturated rings. The van der Waals surface area contributed by atoms with Crippen LogP contribution >= 0.6 is 0 Å². The van der Waals surface area contributed by atoms with Crippen molar-refractivity contribution in [2.24, 2.45) is 0 Å². The summed E-state index contributed by atoms with van der Waals surface area (Å²) in [6.45, 7) is 1.17. The monoisotopic (exact) mass is 261 g/mol. The van der Waals surface area contributed by atoms with E-state index >= 15 is 0 Å². The SMILES string of the molecule is COc1ccc(CNCc2cc(O)cc(F)c2)cc1. The van der Waals surface area contributed by atoms with E-state index < -0.39 is 5.82 Å². The molecule has 2 N–H and O–H groups in total. The third-order valence-electron chi connectivity index (χ3n) is 2.76. The molecule has 2 aromatic rings. The van der Waals surface area contributed by atoms with Crippen molar-refractivity contribution < 1.29 is 14.2 Å². The summed E-state index contributed by atoms with van der Waals surface area (Å²) >= 11 is 0. The topological polar surface area (TPSA) is 41.5 Å². The van der Waals surface area contributed by atoms with Gasteiger partial charge in [-0.2, -0.15) is 0 Å². The predicted octanol–water partition coefficient (Wildman–Crippen LogP) is 2.83. The maximum absolute atomic E-state index is 13.1. The molecule has 100 valence electrons. The van der Waals surface area contributed by atoms with Crippen molar-refractivity contribution in [2.75, 3.05) is 7.11 Å². The molecule has 3 nitrogen and oxygen atoms in total. The highest BCUT2D eigenvalue weighted by Gasteiger charge is 2.00. The Balaban J connectivity index is 1.88. The molecule has 0 saturated carbocycles. The first-order chi connectivity index (χ1) is 9.17. The van der Waals surface area contributed by atoms with E-state index in [1.807, 2.05) is 24.3 Å². The maximum Gasteiger partial charge on any atom is 0.127 e. The van der Waals surface area contributed by atoms with Gasteiger partial charge >= 0.3 is 0 Å². The molecule has 0 aliphatic rings. The molecule has 0 aliphatic carbocycles. The smallest absolute Gasteiger partial charge is 0.127 e. The van der Waals surface area contributed by atoms with E-state index in [2.05, 4.69) is 5.32 Å². The minimum absolute atomic E-state index is 0.0544. The van der Waals surface area contributed by atoms with E-state index in [-0.39, 0.29) is 5.75 Å².